The van der Waals surface area contributed by atoms with Gasteiger partial charge in [-0.1, -0.05) is 11.8 Å². The van der Waals surface area contributed by atoms with Crippen molar-refractivity contribution >= 4 is 23.4 Å². The predicted molar refractivity (Wildman–Crippen MR) is 92.0 cm³/mol. The number of ether oxygens (including phenoxy) is 3. The molecule has 1 aromatic heterocycles. The smallest absolute Gasteiger partial charge is 0.255 e. The molecule has 3 N–H and O–H groups in total. The van der Waals surface area contributed by atoms with Gasteiger partial charge in [0.05, 0.1) is 33.1 Å². The van der Waals surface area contributed by atoms with Crippen LogP contribution < -0.4 is 25.1 Å². The van der Waals surface area contributed by atoms with Crippen LogP contribution in [0.25, 0.3) is 0 Å². The second kappa shape index (κ2) is 8.29. The number of amides is 1. The second-order valence-electron chi connectivity index (χ2n) is 4.66. The zero-order valence-electron chi connectivity index (χ0n) is 13.8. The van der Waals surface area contributed by atoms with Crippen molar-refractivity contribution in [1.29, 1.82) is 0 Å². The third kappa shape index (κ3) is 4.80. The van der Waals surface area contributed by atoms with Crippen molar-refractivity contribution in [3.63, 3.8) is 0 Å². The van der Waals surface area contributed by atoms with Gasteiger partial charge in [-0.15, -0.1) is 0 Å². The van der Waals surface area contributed by atoms with E-state index >= 15 is 0 Å². The van der Waals surface area contributed by atoms with Gasteiger partial charge in [0.15, 0.2) is 16.7 Å². The third-order valence-corrected chi connectivity index (χ3v) is 3.87. The molecular formula is C15H17N3O6S. The first-order valence-electron chi connectivity index (χ1n) is 6.99. The number of aromatic hydroxyl groups is 1. The maximum absolute atomic E-state index is 12.1. The van der Waals surface area contributed by atoms with Crippen LogP contribution in [0.1, 0.15) is 0 Å². The van der Waals surface area contributed by atoms with Gasteiger partial charge in [-0.2, -0.15) is 4.98 Å². The minimum atomic E-state index is -0.500. The monoisotopic (exact) mass is 367 g/mol. The Kier molecular flexibility index (Phi) is 6.12. The van der Waals surface area contributed by atoms with Crippen LogP contribution in [-0.2, 0) is 4.79 Å². The Labute approximate surface area is 147 Å². The van der Waals surface area contributed by atoms with E-state index in [0.29, 0.717) is 22.9 Å². The number of aromatic nitrogens is 2. The topological polar surface area (TPSA) is 123 Å². The van der Waals surface area contributed by atoms with Crippen LogP contribution in [0.15, 0.2) is 28.2 Å². The Hall–Kier alpha value is -2.88. The quantitative estimate of drug-likeness (QED) is 0.493. The van der Waals surface area contributed by atoms with Crippen molar-refractivity contribution in [2.24, 2.45) is 0 Å². The number of carbonyl (C=O) groups is 1. The fourth-order valence-corrected chi connectivity index (χ4v) is 2.65. The van der Waals surface area contributed by atoms with Crippen molar-refractivity contribution in [2.45, 2.75) is 5.16 Å². The molecule has 2 aromatic rings. The van der Waals surface area contributed by atoms with E-state index in [1.165, 1.54) is 21.3 Å². The summed E-state index contributed by atoms with van der Waals surface area (Å²) in [7, 11) is 4.43. The molecule has 9 nitrogen and oxygen atoms in total. The Morgan fingerprint density at radius 3 is 2.36 bits per heavy atom. The van der Waals surface area contributed by atoms with E-state index in [4.69, 9.17) is 14.2 Å². The maximum atomic E-state index is 12.1. The molecule has 0 fully saturated rings. The number of benzene rings is 1. The standard InChI is InChI=1S/C15H17N3O6S/c1-22-9-4-8(5-10(23-2)14(9)24-3)16-13(21)7-25-15-17-11(19)6-12(20)18-15/h4-6H,7H2,1-3H3,(H,16,21)(H2,17,18,19,20). The van der Waals surface area contributed by atoms with E-state index in [-0.39, 0.29) is 16.8 Å². The van der Waals surface area contributed by atoms with E-state index in [1.54, 1.807) is 12.1 Å². The van der Waals surface area contributed by atoms with Gasteiger partial charge in [0.2, 0.25) is 17.5 Å². The third-order valence-electron chi connectivity index (χ3n) is 2.99. The van der Waals surface area contributed by atoms with Gasteiger partial charge < -0.3 is 29.6 Å². The lowest BCUT2D eigenvalue weighted by Gasteiger charge is -2.14. The predicted octanol–water partition coefficient (Wildman–Crippen LogP) is 1.23. The van der Waals surface area contributed by atoms with Crippen LogP contribution in [0.5, 0.6) is 23.1 Å². The number of H-pyrrole nitrogens is 1. The number of hydrogen-bond acceptors (Lipinski definition) is 8. The zero-order chi connectivity index (χ0) is 18.4. The van der Waals surface area contributed by atoms with Crippen LogP contribution in [0.3, 0.4) is 0 Å². The molecule has 1 heterocycles. The lowest BCUT2D eigenvalue weighted by molar-refractivity contribution is -0.113. The average molecular weight is 367 g/mol. The number of nitrogens with one attached hydrogen (secondary N) is 2. The van der Waals surface area contributed by atoms with Gasteiger partial charge >= 0.3 is 0 Å². The van der Waals surface area contributed by atoms with Gasteiger partial charge in [-0.05, 0) is 0 Å². The molecule has 134 valence electrons. The summed E-state index contributed by atoms with van der Waals surface area (Å²) >= 11 is 0.978. The van der Waals surface area contributed by atoms with Gasteiger partial charge in [0.1, 0.15) is 0 Å². The molecule has 0 atom stereocenters. The maximum Gasteiger partial charge on any atom is 0.255 e. The van der Waals surface area contributed by atoms with Crippen LogP contribution in [0.2, 0.25) is 0 Å². The van der Waals surface area contributed by atoms with E-state index in [2.05, 4.69) is 15.3 Å². The highest BCUT2D eigenvalue weighted by Crippen LogP contribution is 2.39. The second-order valence-corrected chi connectivity index (χ2v) is 5.62. The largest absolute Gasteiger partial charge is 0.493 e. The average Bonchev–Trinajstić information content (AvgIpc) is 2.58. The summed E-state index contributed by atoms with van der Waals surface area (Å²) in [6.45, 7) is 0. The molecule has 2 rings (SSSR count). The molecule has 10 heteroatoms. The number of hydrogen-bond donors (Lipinski definition) is 3. The lowest BCUT2D eigenvalue weighted by atomic mass is 10.2. The minimum absolute atomic E-state index is 0.0247. The number of rotatable bonds is 7. The summed E-state index contributed by atoms with van der Waals surface area (Å²) in [5, 5.41) is 12.1. The molecule has 0 spiro atoms. The molecule has 0 radical (unpaired) electrons. The molecule has 0 saturated heterocycles. The zero-order valence-corrected chi connectivity index (χ0v) is 14.6. The number of carbonyl (C=O) groups excluding carboxylic acids is 1. The van der Waals surface area contributed by atoms with Gasteiger partial charge in [-0.25, -0.2) is 0 Å². The fourth-order valence-electron chi connectivity index (χ4n) is 1.98. The molecule has 0 bridgehead atoms. The highest BCUT2D eigenvalue weighted by molar-refractivity contribution is 7.99. The Morgan fingerprint density at radius 1 is 1.20 bits per heavy atom. The molecule has 0 unspecified atom stereocenters. The molecule has 0 aliphatic carbocycles. The molecule has 0 saturated carbocycles. The Balaban J connectivity index is 2.08. The first kappa shape index (κ1) is 18.5. The van der Waals surface area contributed by atoms with Crippen molar-refractivity contribution in [2.75, 3.05) is 32.4 Å². The first-order chi connectivity index (χ1) is 12.0. The van der Waals surface area contributed by atoms with Crippen LogP contribution in [0.4, 0.5) is 5.69 Å². The normalized spacial score (nSPS) is 10.2. The first-order valence-corrected chi connectivity index (χ1v) is 7.98. The summed E-state index contributed by atoms with van der Waals surface area (Å²) in [6.07, 6.45) is 0. The van der Waals surface area contributed by atoms with E-state index in [0.717, 1.165) is 17.8 Å². The number of methoxy groups -OCH3 is 3. The number of aromatic amines is 1. The van der Waals surface area contributed by atoms with Gasteiger partial charge in [0, 0.05) is 17.8 Å². The minimum Gasteiger partial charge on any atom is -0.493 e. The van der Waals surface area contributed by atoms with Gasteiger partial charge in [0.25, 0.3) is 5.56 Å². The number of anilines is 1. The summed E-state index contributed by atoms with van der Waals surface area (Å²) in [6, 6.07) is 4.14. The van der Waals surface area contributed by atoms with Crippen molar-refractivity contribution in [3.8, 4) is 23.1 Å². The lowest BCUT2D eigenvalue weighted by Crippen LogP contribution is -2.15. The summed E-state index contributed by atoms with van der Waals surface area (Å²) in [4.78, 5) is 29.5. The van der Waals surface area contributed by atoms with E-state index in [9.17, 15) is 14.7 Å². The van der Waals surface area contributed by atoms with E-state index < -0.39 is 11.4 Å². The van der Waals surface area contributed by atoms with Crippen molar-refractivity contribution < 1.29 is 24.1 Å². The van der Waals surface area contributed by atoms with Crippen LogP contribution in [0, 0.1) is 0 Å². The number of thioether (sulfide) groups is 1. The highest BCUT2D eigenvalue weighted by atomic mass is 32.2. The highest BCUT2D eigenvalue weighted by Gasteiger charge is 2.15. The molecule has 25 heavy (non-hydrogen) atoms. The fraction of sp³-hybridized carbons (Fsp3) is 0.267. The molecule has 0 aliphatic rings. The Morgan fingerprint density at radius 2 is 1.84 bits per heavy atom. The summed E-state index contributed by atoms with van der Waals surface area (Å²) < 4.78 is 15.6. The van der Waals surface area contributed by atoms with Crippen molar-refractivity contribution in [3.05, 3.63) is 28.6 Å². The van der Waals surface area contributed by atoms with Crippen LogP contribution >= 0.6 is 11.8 Å². The van der Waals surface area contributed by atoms with Gasteiger partial charge in [-0.3, -0.25) is 9.59 Å². The molecule has 1 amide bonds. The Bertz CT molecular complexity index is 798. The summed E-state index contributed by atoms with van der Waals surface area (Å²) in [5.41, 5.74) is -0.0440. The van der Waals surface area contributed by atoms with Crippen molar-refractivity contribution in [1.82, 2.24) is 9.97 Å². The summed E-state index contributed by atoms with van der Waals surface area (Å²) in [5.74, 6) is 0.455. The molecule has 0 aliphatic heterocycles. The molecule has 1 aromatic carbocycles. The number of nitrogens with zero attached hydrogens (tertiary/aromatic N) is 1. The SMILES string of the molecule is COc1cc(NC(=O)CSc2nc(O)cc(=O)[nH]2)cc(OC)c1OC. The van der Waals surface area contributed by atoms with Crippen LogP contribution in [-0.4, -0.2) is 48.1 Å². The van der Waals surface area contributed by atoms with E-state index in [1.807, 2.05) is 0 Å². The molecular weight excluding hydrogens is 350 g/mol.